The molecule has 1 fully saturated rings. The van der Waals surface area contributed by atoms with Crippen molar-refractivity contribution in [1.29, 1.82) is 5.26 Å². The van der Waals surface area contributed by atoms with Crippen LogP contribution in [-0.2, 0) is 16.0 Å². The number of methoxy groups -OCH3 is 1. The van der Waals surface area contributed by atoms with Gasteiger partial charge < -0.3 is 15.0 Å². The van der Waals surface area contributed by atoms with Crippen molar-refractivity contribution in [3.8, 4) is 11.8 Å². The first-order valence-corrected chi connectivity index (χ1v) is 13.0. The van der Waals surface area contributed by atoms with Gasteiger partial charge >= 0.3 is 0 Å². The molecule has 8 heteroatoms. The zero-order valence-corrected chi connectivity index (χ0v) is 21.5. The van der Waals surface area contributed by atoms with Gasteiger partial charge in [-0.1, -0.05) is 25.0 Å². The number of carbonyl (C=O) groups excluding carboxylic acids is 3. The maximum absolute atomic E-state index is 14.6. The van der Waals surface area contributed by atoms with Gasteiger partial charge in [-0.25, -0.2) is 4.39 Å². The number of nitrogens with one attached hydrogen (secondary N) is 2. The number of H-pyrrole nitrogens is 1. The van der Waals surface area contributed by atoms with Crippen molar-refractivity contribution in [2.24, 2.45) is 11.8 Å². The van der Waals surface area contributed by atoms with Crippen molar-refractivity contribution in [1.82, 2.24) is 10.3 Å². The van der Waals surface area contributed by atoms with E-state index in [4.69, 9.17) is 4.74 Å². The van der Waals surface area contributed by atoms with Gasteiger partial charge in [0.2, 0.25) is 5.91 Å². The minimum atomic E-state index is -0.976. The summed E-state index contributed by atoms with van der Waals surface area (Å²) in [5.41, 5.74) is 3.02. The summed E-state index contributed by atoms with van der Waals surface area (Å²) < 4.78 is 20.0. The van der Waals surface area contributed by atoms with Crippen LogP contribution in [0.1, 0.15) is 65.2 Å². The number of ketones is 2. The molecule has 3 aromatic rings. The number of hydrogen-bond donors (Lipinski definition) is 2. The first kappa shape index (κ1) is 25.7. The van der Waals surface area contributed by atoms with Gasteiger partial charge in [0.05, 0.1) is 18.9 Å². The van der Waals surface area contributed by atoms with E-state index in [0.717, 1.165) is 29.3 Å². The van der Waals surface area contributed by atoms with Crippen molar-refractivity contribution >= 4 is 28.4 Å². The molecular weight excluding hydrogens is 485 g/mol. The summed E-state index contributed by atoms with van der Waals surface area (Å²) in [4.78, 5) is 42.4. The molecule has 2 aliphatic carbocycles. The monoisotopic (exact) mass is 515 g/mol. The SMILES string of the molecule is COc1cccc2[nH]c(C(=O)C[C@@H](CC3CC3)C(=O)N[C@H](C#N)C[C@H]3C(=O)Cc4c(C)ccc(F)c43)cc12. The highest BCUT2D eigenvalue weighted by Crippen LogP contribution is 2.39. The lowest BCUT2D eigenvalue weighted by molar-refractivity contribution is -0.126. The van der Waals surface area contributed by atoms with Gasteiger partial charge in [0.25, 0.3) is 0 Å². The van der Waals surface area contributed by atoms with Crippen molar-refractivity contribution in [2.75, 3.05) is 7.11 Å². The molecule has 3 atom stereocenters. The molecule has 0 unspecified atom stereocenters. The number of amides is 1. The number of aromatic nitrogens is 1. The molecule has 0 bridgehead atoms. The normalized spacial score (nSPS) is 18.1. The Balaban J connectivity index is 1.30. The van der Waals surface area contributed by atoms with E-state index in [9.17, 15) is 24.0 Å². The number of aromatic amines is 1. The molecule has 38 heavy (non-hydrogen) atoms. The van der Waals surface area contributed by atoms with Crippen LogP contribution < -0.4 is 10.1 Å². The smallest absolute Gasteiger partial charge is 0.224 e. The van der Waals surface area contributed by atoms with Crippen LogP contribution in [0, 0.1) is 35.9 Å². The Kier molecular flexibility index (Phi) is 7.02. The highest BCUT2D eigenvalue weighted by Gasteiger charge is 2.37. The molecule has 1 heterocycles. The Hall–Kier alpha value is -3.99. The van der Waals surface area contributed by atoms with Crippen LogP contribution in [0.15, 0.2) is 36.4 Å². The number of benzene rings is 2. The summed E-state index contributed by atoms with van der Waals surface area (Å²) in [6.45, 7) is 1.83. The quantitative estimate of drug-likeness (QED) is 0.372. The molecule has 0 saturated heterocycles. The van der Waals surface area contributed by atoms with E-state index in [-0.39, 0.29) is 36.7 Å². The van der Waals surface area contributed by atoms with Crippen LogP contribution in [0.4, 0.5) is 4.39 Å². The van der Waals surface area contributed by atoms with E-state index < -0.39 is 23.7 Å². The lowest BCUT2D eigenvalue weighted by atomic mass is 9.90. The second-order valence-electron chi connectivity index (χ2n) is 10.5. The van der Waals surface area contributed by atoms with Gasteiger partial charge in [0.15, 0.2) is 5.78 Å². The number of rotatable bonds is 10. The van der Waals surface area contributed by atoms with E-state index in [1.54, 1.807) is 19.2 Å². The average molecular weight is 516 g/mol. The van der Waals surface area contributed by atoms with Gasteiger partial charge in [0.1, 0.15) is 23.4 Å². The average Bonchev–Trinajstić information content (AvgIpc) is 3.51. The fraction of sp³-hybridized carbons (Fsp3) is 0.400. The Morgan fingerprint density at radius 3 is 2.74 bits per heavy atom. The molecule has 5 rings (SSSR count). The maximum atomic E-state index is 14.6. The number of Topliss-reactive ketones (excluding diaryl/α,β-unsaturated/α-hetero) is 2. The minimum Gasteiger partial charge on any atom is -0.496 e. The predicted molar refractivity (Wildman–Crippen MR) is 139 cm³/mol. The number of nitrogens with zero attached hydrogens (tertiary/aromatic N) is 1. The topological polar surface area (TPSA) is 112 Å². The van der Waals surface area contributed by atoms with E-state index in [1.807, 2.05) is 25.1 Å². The lowest BCUT2D eigenvalue weighted by Gasteiger charge is -2.21. The highest BCUT2D eigenvalue weighted by atomic mass is 19.1. The molecule has 2 N–H and O–H groups in total. The first-order valence-electron chi connectivity index (χ1n) is 13.0. The maximum Gasteiger partial charge on any atom is 0.224 e. The van der Waals surface area contributed by atoms with Crippen LogP contribution in [0.5, 0.6) is 5.75 Å². The van der Waals surface area contributed by atoms with Crippen molar-refractivity contribution in [3.05, 3.63) is 64.6 Å². The van der Waals surface area contributed by atoms with E-state index >= 15 is 0 Å². The fourth-order valence-electron chi connectivity index (χ4n) is 5.56. The molecule has 2 aliphatic rings. The number of aryl methyl sites for hydroxylation is 1. The number of ether oxygens (including phenoxy) is 1. The van der Waals surface area contributed by atoms with Gasteiger partial charge in [-0.15, -0.1) is 0 Å². The Bertz CT molecular complexity index is 1470. The van der Waals surface area contributed by atoms with Crippen LogP contribution in [-0.4, -0.2) is 35.6 Å². The molecule has 1 amide bonds. The largest absolute Gasteiger partial charge is 0.496 e. The zero-order chi connectivity index (χ0) is 27.0. The molecule has 7 nitrogen and oxygen atoms in total. The van der Waals surface area contributed by atoms with Gasteiger partial charge in [-0.05, 0) is 61.1 Å². The van der Waals surface area contributed by atoms with Gasteiger partial charge in [-0.2, -0.15) is 5.26 Å². The van der Waals surface area contributed by atoms with Crippen LogP contribution >= 0.6 is 0 Å². The fourth-order valence-corrected chi connectivity index (χ4v) is 5.56. The Morgan fingerprint density at radius 2 is 2.03 bits per heavy atom. The van der Waals surface area contributed by atoms with Crippen LogP contribution in [0.3, 0.4) is 0 Å². The third-order valence-electron chi connectivity index (χ3n) is 7.83. The lowest BCUT2D eigenvalue weighted by Crippen LogP contribution is -2.40. The molecule has 196 valence electrons. The molecular formula is C30H30FN3O4. The number of fused-ring (bicyclic) bond motifs is 2. The summed E-state index contributed by atoms with van der Waals surface area (Å²) in [6.07, 6.45) is 2.70. The number of nitriles is 1. The van der Waals surface area contributed by atoms with Gasteiger partial charge in [-0.3, -0.25) is 14.4 Å². The second kappa shape index (κ2) is 10.4. The van der Waals surface area contributed by atoms with Crippen molar-refractivity contribution < 1.29 is 23.5 Å². The molecule has 2 aromatic carbocycles. The molecule has 1 aromatic heterocycles. The second-order valence-corrected chi connectivity index (χ2v) is 10.5. The Labute approximate surface area is 220 Å². The summed E-state index contributed by atoms with van der Waals surface area (Å²) in [5, 5.41) is 13.3. The van der Waals surface area contributed by atoms with Gasteiger partial charge in [0, 0.05) is 41.1 Å². The number of halogens is 1. The third-order valence-corrected chi connectivity index (χ3v) is 7.83. The van der Waals surface area contributed by atoms with Crippen LogP contribution in [0.25, 0.3) is 10.9 Å². The zero-order valence-electron chi connectivity index (χ0n) is 21.5. The summed E-state index contributed by atoms with van der Waals surface area (Å²) in [6, 6.07) is 11.3. The standard InChI is InChI=1S/C30H30FN3O4/c1-16-6-9-23(31)29-20(16)14-26(35)22(29)12-19(15-32)33-30(37)18(10-17-7-8-17)11-27(36)25-13-21-24(34-25)4-3-5-28(21)38-2/h3-6,9,13,17-19,22,34H,7-8,10-12,14H2,1-2H3,(H,33,37)/t18-,19+,22+/m1/s1. The predicted octanol–water partition coefficient (Wildman–Crippen LogP) is 4.92. The summed E-state index contributed by atoms with van der Waals surface area (Å²) in [7, 11) is 1.57. The van der Waals surface area contributed by atoms with E-state index in [1.165, 1.54) is 6.07 Å². The molecule has 0 aliphatic heterocycles. The molecule has 1 saturated carbocycles. The first-order chi connectivity index (χ1) is 18.3. The number of hydrogen-bond acceptors (Lipinski definition) is 5. The van der Waals surface area contributed by atoms with E-state index in [0.29, 0.717) is 34.9 Å². The van der Waals surface area contributed by atoms with Crippen LogP contribution in [0.2, 0.25) is 0 Å². The molecule has 0 radical (unpaired) electrons. The molecule has 0 spiro atoms. The summed E-state index contributed by atoms with van der Waals surface area (Å²) in [5.74, 6) is -1.56. The van der Waals surface area contributed by atoms with Crippen molar-refractivity contribution in [2.45, 2.75) is 57.4 Å². The third kappa shape index (κ3) is 5.06. The Morgan fingerprint density at radius 1 is 1.24 bits per heavy atom. The van der Waals surface area contributed by atoms with Crippen molar-refractivity contribution in [3.63, 3.8) is 0 Å². The highest BCUT2D eigenvalue weighted by molar-refractivity contribution is 6.02. The van der Waals surface area contributed by atoms with E-state index in [2.05, 4.69) is 16.4 Å². The minimum absolute atomic E-state index is 0.000351. The summed E-state index contributed by atoms with van der Waals surface area (Å²) >= 11 is 0. The number of carbonyl (C=O) groups is 3.